The van der Waals surface area contributed by atoms with Gasteiger partial charge in [-0.15, -0.1) is 0 Å². The van der Waals surface area contributed by atoms with Crippen molar-refractivity contribution in [3.05, 3.63) is 58.7 Å². The number of hydrogen-bond acceptors (Lipinski definition) is 5. The van der Waals surface area contributed by atoms with Crippen LogP contribution < -0.4 is 20.1 Å². The van der Waals surface area contributed by atoms with Gasteiger partial charge in [0.05, 0.1) is 6.04 Å². The third kappa shape index (κ3) is 3.69. The molecule has 2 aliphatic rings. The van der Waals surface area contributed by atoms with Crippen LogP contribution in [0.25, 0.3) is 0 Å². The molecule has 2 atom stereocenters. The molecule has 4 rings (SSSR count). The first-order valence-corrected chi connectivity index (χ1v) is 10.1. The van der Waals surface area contributed by atoms with E-state index in [0.29, 0.717) is 17.1 Å². The number of aryl methyl sites for hydroxylation is 2. The second kappa shape index (κ2) is 7.61. The molecule has 0 saturated carbocycles. The molecule has 1 fully saturated rings. The molecular formula is C23H25N3O5. The highest BCUT2D eigenvalue weighted by atomic mass is 16.7. The summed E-state index contributed by atoms with van der Waals surface area (Å²) < 4.78 is 10.7. The number of fused-ring (bicyclic) bond motifs is 1. The minimum atomic E-state index is -1.29. The summed E-state index contributed by atoms with van der Waals surface area (Å²) in [6, 6.07) is 10.2. The molecule has 31 heavy (non-hydrogen) atoms. The standard InChI is InChI=1S/C23H25N3O5/c1-13-5-6-16(9-14(13)2)15(3)24-20(27)11-26-21(28)23(4,25-22(26)29)17-7-8-18-19(10-17)31-12-30-18/h5-10,15H,11-12H2,1-4H3,(H,24,27)(H,25,29)/t15-,23-/m0/s1. The van der Waals surface area contributed by atoms with Crippen molar-refractivity contribution in [1.29, 1.82) is 0 Å². The largest absolute Gasteiger partial charge is 0.454 e. The topological polar surface area (TPSA) is 97.0 Å². The number of rotatable bonds is 5. The lowest BCUT2D eigenvalue weighted by Crippen LogP contribution is -2.43. The van der Waals surface area contributed by atoms with Gasteiger partial charge in [-0.05, 0) is 62.1 Å². The molecule has 8 nitrogen and oxygen atoms in total. The molecule has 2 N–H and O–H groups in total. The quantitative estimate of drug-likeness (QED) is 0.721. The van der Waals surface area contributed by atoms with Crippen LogP contribution in [0.4, 0.5) is 4.79 Å². The average molecular weight is 423 g/mol. The number of nitrogens with one attached hydrogen (secondary N) is 2. The highest BCUT2D eigenvalue weighted by Crippen LogP contribution is 2.37. The zero-order chi connectivity index (χ0) is 22.3. The summed E-state index contributed by atoms with van der Waals surface area (Å²) in [6.45, 7) is 7.26. The highest BCUT2D eigenvalue weighted by molar-refractivity contribution is 6.09. The number of benzene rings is 2. The molecule has 0 spiro atoms. The molecule has 0 unspecified atom stereocenters. The molecule has 0 aliphatic carbocycles. The second-order valence-corrected chi connectivity index (χ2v) is 8.15. The summed E-state index contributed by atoms with van der Waals surface area (Å²) in [7, 11) is 0. The third-order valence-electron chi connectivity index (χ3n) is 5.94. The molecule has 0 radical (unpaired) electrons. The van der Waals surface area contributed by atoms with Crippen LogP contribution in [0, 0.1) is 13.8 Å². The Hall–Kier alpha value is -3.55. The van der Waals surface area contributed by atoms with Crippen molar-refractivity contribution < 1.29 is 23.9 Å². The van der Waals surface area contributed by atoms with E-state index in [1.54, 1.807) is 25.1 Å². The van der Waals surface area contributed by atoms with E-state index in [-0.39, 0.29) is 19.4 Å². The van der Waals surface area contributed by atoms with Crippen molar-refractivity contribution in [2.24, 2.45) is 0 Å². The predicted molar refractivity (Wildman–Crippen MR) is 113 cm³/mol. The maximum atomic E-state index is 13.1. The van der Waals surface area contributed by atoms with E-state index in [2.05, 4.69) is 10.6 Å². The Balaban J connectivity index is 1.46. The Morgan fingerprint density at radius 2 is 1.87 bits per heavy atom. The molecule has 2 aliphatic heterocycles. The Kier molecular flexibility index (Phi) is 5.08. The van der Waals surface area contributed by atoms with Gasteiger partial charge in [-0.1, -0.05) is 24.3 Å². The van der Waals surface area contributed by atoms with E-state index in [1.807, 2.05) is 39.0 Å². The number of carbonyl (C=O) groups is 3. The molecule has 1 saturated heterocycles. The summed E-state index contributed by atoms with van der Waals surface area (Å²) in [4.78, 5) is 39.2. The lowest BCUT2D eigenvalue weighted by Gasteiger charge is -2.22. The lowest BCUT2D eigenvalue weighted by atomic mass is 9.91. The number of hydrogen-bond donors (Lipinski definition) is 2. The number of amides is 4. The summed E-state index contributed by atoms with van der Waals surface area (Å²) in [5.74, 6) is 0.189. The van der Waals surface area contributed by atoms with Crippen LogP contribution in [0.15, 0.2) is 36.4 Å². The van der Waals surface area contributed by atoms with E-state index in [0.717, 1.165) is 16.0 Å². The summed E-state index contributed by atoms with van der Waals surface area (Å²) in [5, 5.41) is 5.57. The van der Waals surface area contributed by atoms with Crippen LogP contribution in [0.2, 0.25) is 0 Å². The van der Waals surface area contributed by atoms with Gasteiger partial charge < -0.3 is 20.1 Å². The second-order valence-electron chi connectivity index (χ2n) is 8.15. The van der Waals surface area contributed by atoms with Crippen molar-refractivity contribution in [3.8, 4) is 11.5 Å². The van der Waals surface area contributed by atoms with Crippen molar-refractivity contribution in [3.63, 3.8) is 0 Å². The first-order chi connectivity index (χ1) is 14.7. The van der Waals surface area contributed by atoms with Crippen LogP contribution in [-0.2, 0) is 15.1 Å². The number of carbonyl (C=O) groups excluding carboxylic acids is 3. The Morgan fingerprint density at radius 3 is 2.61 bits per heavy atom. The van der Waals surface area contributed by atoms with Crippen LogP contribution in [0.1, 0.15) is 42.1 Å². The monoisotopic (exact) mass is 423 g/mol. The average Bonchev–Trinajstić information content (AvgIpc) is 3.28. The minimum absolute atomic E-state index is 0.112. The van der Waals surface area contributed by atoms with Gasteiger partial charge in [0.1, 0.15) is 12.1 Å². The smallest absolute Gasteiger partial charge is 0.325 e. The number of imide groups is 1. The van der Waals surface area contributed by atoms with Crippen LogP contribution in [-0.4, -0.2) is 36.1 Å². The number of urea groups is 1. The molecule has 0 aromatic heterocycles. The highest BCUT2D eigenvalue weighted by Gasteiger charge is 2.50. The van der Waals surface area contributed by atoms with E-state index < -0.39 is 23.4 Å². The first kappa shape index (κ1) is 20.7. The van der Waals surface area contributed by atoms with E-state index in [9.17, 15) is 14.4 Å². The molecule has 2 aromatic rings. The Labute approximate surface area is 180 Å². The molecule has 2 heterocycles. The Bertz CT molecular complexity index is 1080. The van der Waals surface area contributed by atoms with Gasteiger partial charge in [-0.25, -0.2) is 4.79 Å². The van der Waals surface area contributed by atoms with E-state index in [4.69, 9.17) is 9.47 Å². The fourth-order valence-corrected chi connectivity index (χ4v) is 3.79. The third-order valence-corrected chi connectivity index (χ3v) is 5.94. The fraction of sp³-hybridized carbons (Fsp3) is 0.348. The maximum Gasteiger partial charge on any atom is 0.325 e. The summed E-state index contributed by atoms with van der Waals surface area (Å²) in [5.41, 5.74) is 2.52. The number of ether oxygens (including phenoxy) is 2. The van der Waals surface area contributed by atoms with Crippen molar-refractivity contribution >= 4 is 17.8 Å². The predicted octanol–water partition coefficient (Wildman–Crippen LogP) is 2.68. The van der Waals surface area contributed by atoms with E-state index in [1.165, 1.54) is 5.56 Å². The normalized spacial score (nSPS) is 20.6. The van der Waals surface area contributed by atoms with Gasteiger partial charge in [-0.2, -0.15) is 0 Å². The van der Waals surface area contributed by atoms with Gasteiger partial charge in [-0.3, -0.25) is 14.5 Å². The zero-order valence-corrected chi connectivity index (χ0v) is 17.9. The van der Waals surface area contributed by atoms with Gasteiger partial charge in [0.25, 0.3) is 5.91 Å². The maximum absolute atomic E-state index is 13.1. The van der Waals surface area contributed by atoms with Crippen LogP contribution in [0.3, 0.4) is 0 Å². The molecule has 2 aromatic carbocycles. The van der Waals surface area contributed by atoms with Crippen molar-refractivity contribution in [1.82, 2.24) is 15.5 Å². The lowest BCUT2D eigenvalue weighted by molar-refractivity contribution is -0.135. The zero-order valence-electron chi connectivity index (χ0n) is 17.9. The van der Waals surface area contributed by atoms with Crippen LogP contribution >= 0.6 is 0 Å². The minimum Gasteiger partial charge on any atom is -0.454 e. The molecule has 162 valence electrons. The van der Waals surface area contributed by atoms with E-state index >= 15 is 0 Å². The molecule has 0 bridgehead atoms. The fourth-order valence-electron chi connectivity index (χ4n) is 3.79. The van der Waals surface area contributed by atoms with Crippen molar-refractivity contribution in [2.75, 3.05) is 13.3 Å². The summed E-state index contributed by atoms with van der Waals surface area (Å²) >= 11 is 0. The van der Waals surface area contributed by atoms with Gasteiger partial charge in [0, 0.05) is 0 Å². The Morgan fingerprint density at radius 1 is 1.13 bits per heavy atom. The van der Waals surface area contributed by atoms with Crippen LogP contribution in [0.5, 0.6) is 11.5 Å². The first-order valence-electron chi connectivity index (χ1n) is 10.1. The molecule has 8 heteroatoms. The van der Waals surface area contributed by atoms with Gasteiger partial charge in [0.2, 0.25) is 12.7 Å². The molecule has 4 amide bonds. The molecular weight excluding hydrogens is 398 g/mol. The number of nitrogens with zero attached hydrogens (tertiary/aromatic N) is 1. The van der Waals surface area contributed by atoms with Gasteiger partial charge in [0.15, 0.2) is 11.5 Å². The van der Waals surface area contributed by atoms with Gasteiger partial charge >= 0.3 is 6.03 Å². The SMILES string of the molecule is Cc1ccc([C@H](C)NC(=O)CN2C(=O)N[C@@](C)(c3ccc4c(c3)OCO4)C2=O)cc1C. The summed E-state index contributed by atoms with van der Waals surface area (Å²) in [6.07, 6.45) is 0. The van der Waals surface area contributed by atoms with Crippen molar-refractivity contribution in [2.45, 2.75) is 39.3 Å².